The number of piperidine rings is 1. The van der Waals surface area contributed by atoms with Crippen LogP contribution in [0.2, 0.25) is 0 Å². The van der Waals surface area contributed by atoms with Crippen LogP contribution < -0.4 is 5.32 Å². The second-order valence-electron chi connectivity index (χ2n) is 8.17. The van der Waals surface area contributed by atoms with Crippen LogP contribution in [0.4, 0.5) is 18.9 Å². The Morgan fingerprint density at radius 1 is 1.21 bits per heavy atom. The van der Waals surface area contributed by atoms with Gasteiger partial charge in [0.05, 0.1) is 36.1 Å². The molecule has 0 aliphatic carbocycles. The quantitative estimate of drug-likeness (QED) is 0.566. The summed E-state index contributed by atoms with van der Waals surface area (Å²) in [5.41, 5.74) is 0.0531. The zero-order valence-electron chi connectivity index (χ0n) is 18.2. The molecule has 0 saturated carbocycles. The Kier molecular flexibility index (Phi) is 6.49. The summed E-state index contributed by atoms with van der Waals surface area (Å²) >= 11 is 0. The number of carbonyl (C=O) groups excluding carboxylic acids is 1. The molecular formula is C21H23F3N6O3S. The first-order valence-corrected chi connectivity index (χ1v) is 11.9. The number of amides is 1. The maximum Gasteiger partial charge on any atom is 0.416 e. The standard InChI is InChI=1S/C21H23F3N6O3S/c1-28-14-19(10-25-28)34(32,33)30-7-3-5-16(12-30)20(31)27-18-9-26-29(13-18)11-15-4-2-6-17(8-15)21(22,23)24/h2,4,6,8-10,13-14,16H,3,5,7,11-12H2,1H3,(H,27,31)/t16-/m0/s1. The van der Waals surface area contributed by atoms with Crippen molar-refractivity contribution in [2.24, 2.45) is 13.0 Å². The van der Waals surface area contributed by atoms with E-state index in [1.165, 1.54) is 44.5 Å². The van der Waals surface area contributed by atoms with Crippen LogP contribution in [0.1, 0.15) is 24.0 Å². The summed E-state index contributed by atoms with van der Waals surface area (Å²) in [5.74, 6) is -0.892. The minimum Gasteiger partial charge on any atom is -0.323 e. The van der Waals surface area contributed by atoms with Gasteiger partial charge in [-0.25, -0.2) is 8.42 Å². The molecule has 13 heteroatoms. The highest BCUT2D eigenvalue weighted by Gasteiger charge is 2.34. The predicted octanol–water partition coefficient (Wildman–Crippen LogP) is 2.72. The first kappa shape index (κ1) is 24.0. The van der Waals surface area contributed by atoms with E-state index in [1.54, 1.807) is 13.1 Å². The van der Waals surface area contributed by atoms with Gasteiger partial charge in [0, 0.05) is 32.5 Å². The van der Waals surface area contributed by atoms with Crippen LogP contribution in [0.25, 0.3) is 0 Å². The minimum atomic E-state index is -4.43. The molecule has 1 amide bonds. The Labute approximate surface area is 194 Å². The average molecular weight is 497 g/mol. The van der Waals surface area contributed by atoms with Gasteiger partial charge in [0.25, 0.3) is 0 Å². The van der Waals surface area contributed by atoms with Gasteiger partial charge in [-0.15, -0.1) is 0 Å². The average Bonchev–Trinajstić information content (AvgIpc) is 3.42. The number of benzene rings is 1. The molecule has 4 rings (SSSR count). The van der Waals surface area contributed by atoms with Crippen LogP contribution in [0.15, 0.2) is 53.9 Å². The molecule has 2 aromatic heterocycles. The van der Waals surface area contributed by atoms with E-state index in [4.69, 9.17) is 0 Å². The van der Waals surface area contributed by atoms with Crippen LogP contribution >= 0.6 is 0 Å². The van der Waals surface area contributed by atoms with E-state index in [0.29, 0.717) is 30.6 Å². The van der Waals surface area contributed by atoms with Gasteiger partial charge in [0.1, 0.15) is 4.90 Å². The Hall–Kier alpha value is -3.19. The summed E-state index contributed by atoms with van der Waals surface area (Å²) in [6.07, 6.45) is 2.24. The number of hydrogen-bond donors (Lipinski definition) is 1. The zero-order valence-corrected chi connectivity index (χ0v) is 19.1. The Balaban J connectivity index is 1.39. The second-order valence-corrected chi connectivity index (χ2v) is 10.1. The molecule has 1 aliphatic heterocycles. The summed E-state index contributed by atoms with van der Waals surface area (Å²) in [5, 5.41) is 10.7. The molecule has 1 atom stereocenters. The van der Waals surface area contributed by atoms with E-state index in [9.17, 15) is 26.4 Å². The molecule has 0 spiro atoms. The zero-order chi connectivity index (χ0) is 24.5. The fourth-order valence-corrected chi connectivity index (χ4v) is 5.36. The highest BCUT2D eigenvalue weighted by Crippen LogP contribution is 2.30. The number of alkyl halides is 3. The first-order valence-electron chi connectivity index (χ1n) is 10.5. The summed E-state index contributed by atoms with van der Waals surface area (Å²) in [4.78, 5) is 12.9. The fraction of sp³-hybridized carbons (Fsp3) is 0.381. The van der Waals surface area contributed by atoms with Crippen molar-refractivity contribution in [1.29, 1.82) is 0 Å². The Bertz CT molecular complexity index is 1280. The number of halogens is 3. The lowest BCUT2D eigenvalue weighted by atomic mass is 9.99. The van der Waals surface area contributed by atoms with Crippen molar-refractivity contribution in [2.75, 3.05) is 18.4 Å². The summed E-state index contributed by atoms with van der Waals surface area (Å²) in [7, 11) is -2.13. The highest BCUT2D eigenvalue weighted by atomic mass is 32.2. The van der Waals surface area contributed by atoms with Gasteiger partial charge in [0.15, 0.2) is 0 Å². The maximum atomic E-state index is 12.9. The fourth-order valence-electron chi connectivity index (χ4n) is 3.85. The Morgan fingerprint density at radius 3 is 2.71 bits per heavy atom. The van der Waals surface area contributed by atoms with Crippen molar-refractivity contribution in [1.82, 2.24) is 23.9 Å². The summed E-state index contributed by atoms with van der Waals surface area (Å²) in [6.45, 7) is 0.456. The molecule has 34 heavy (non-hydrogen) atoms. The van der Waals surface area contributed by atoms with E-state index >= 15 is 0 Å². The van der Waals surface area contributed by atoms with E-state index in [1.807, 2.05) is 0 Å². The Morgan fingerprint density at radius 2 is 2.00 bits per heavy atom. The van der Waals surface area contributed by atoms with E-state index in [2.05, 4.69) is 15.5 Å². The van der Waals surface area contributed by atoms with Gasteiger partial charge < -0.3 is 5.32 Å². The third-order valence-electron chi connectivity index (χ3n) is 5.57. The largest absolute Gasteiger partial charge is 0.416 e. The first-order chi connectivity index (χ1) is 16.0. The molecule has 1 aromatic carbocycles. The third-order valence-corrected chi connectivity index (χ3v) is 7.39. The van der Waals surface area contributed by atoms with Crippen LogP contribution in [0, 0.1) is 5.92 Å². The van der Waals surface area contributed by atoms with Crippen molar-refractivity contribution in [3.63, 3.8) is 0 Å². The lowest BCUT2D eigenvalue weighted by Crippen LogP contribution is -2.43. The van der Waals surface area contributed by atoms with Crippen LogP contribution in [-0.4, -0.2) is 51.3 Å². The van der Waals surface area contributed by atoms with Crippen molar-refractivity contribution in [3.05, 3.63) is 60.2 Å². The number of hydrogen-bond acceptors (Lipinski definition) is 5. The summed E-state index contributed by atoms with van der Waals surface area (Å²) in [6, 6.07) is 4.95. The molecular weight excluding hydrogens is 473 g/mol. The van der Waals surface area contributed by atoms with Crippen molar-refractivity contribution in [2.45, 2.75) is 30.5 Å². The van der Waals surface area contributed by atoms with Gasteiger partial charge in [-0.2, -0.15) is 27.7 Å². The molecule has 182 valence electrons. The molecule has 1 N–H and O–H groups in total. The second kappa shape index (κ2) is 9.22. The lowest BCUT2D eigenvalue weighted by Gasteiger charge is -2.30. The van der Waals surface area contributed by atoms with Gasteiger partial charge in [0.2, 0.25) is 15.9 Å². The van der Waals surface area contributed by atoms with Crippen molar-refractivity contribution < 1.29 is 26.4 Å². The van der Waals surface area contributed by atoms with Crippen molar-refractivity contribution >= 4 is 21.6 Å². The topological polar surface area (TPSA) is 102 Å². The molecule has 0 radical (unpaired) electrons. The number of sulfonamides is 1. The van der Waals surface area contributed by atoms with Gasteiger partial charge in [-0.05, 0) is 30.5 Å². The van der Waals surface area contributed by atoms with E-state index in [-0.39, 0.29) is 23.9 Å². The number of rotatable bonds is 6. The molecule has 0 bridgehead atoms. The number of anilines is 1. The van der Waals surface area contributed by atoms with Crippen LogP contribution in [0.3, 0.4) is 0 Å². The number of aromatic nitrogens is 4. The normalized spacial score (nSPS) is 17.6. The molecule has 9 nitrogen and oxygen atoms in total. The monoisotopic (exact) mass is 496 g/mol. The third kappa shape index (κ3) is 5.30. The van der Waals surface area contributed by atoms with E-state index in [0.717, 1.165) is 12.1 Å². The predicted molar refractivity (Wildman–Crippen MR) is 116 cm³/mol. The molecule has 3 heterocycles. The molecule has 3 aromatic rings. The van der Waals surface area contributed by atoms with Gasteiger partial charge in [-0.3, -0.25) is 14.2 Å². The minimum absolute atomic E-state index is 0.0431. The van der Waals surface area contributed by atoms with Crippen LogP contribution in [0.5, 0.6) is 0 Å². The number of nitrogens with one attached hydrogen (secondary N) is 1. The number of carbonyl (C=O) groups is 1. The molecule has 1 fully saturated rings. The van der Waals surface area contributed by atoms with Crippen LogP contribution in [-0.2, 0) is 34.6 Å². The smallest absolute Gasteiger partial charge is 0.323 e. The number of nitrogens with zero attached hydrogens (tertiary/aromatic N) is 5. The molecule has 1 aliphatic rings. The summed E-state index contributed by atoms with van der Waals surface area (Å²) < 4.78 is 68.5. The number of aryl methyl sites for hydroxylation is 1. The van der Waals surface area contributed by atoms with Crippen molar-refractivity contribution in [3.8, 4) is 0 Å². The molecule has 1 saturated heterocycles. The van der Waals surface area contributed by atoms with Gasteiger partial charge in [-0.1, -0.05) is 12.1 Å². The highest BCUT2D eigenvalue weighted by molar-refractivity contribution is 7.89. The lowest BCUT2D eigenvalue weighted by molar-refractivity contribution is -0.137. The van der Waals surface area contributed by atoms with E-state index < -0.39 is 27.7 Å². The molecule has 0 unspecified atom stereocenters. The van der Waals surface area contributed by atoms with Gasteiger partial charge >= 0.3 is 6.18 Å². The SMILES string of the molecule is Cn1cc(S(=O)(=O)N2CCC[C@H](C(=O)Nc3cnn(Cc4cccc(C(F)(F)F)c4)c3)C2)cn1. The maximum absolute atomic E-state index is 12.9.